The Labute approximate surface area is 239 Å². The van der Waals surface area contributed by atoms with Crippen LogP contribution < -0.4 is 0 Å². The minimum absolute atomic E-state index is 0.0820. The topological polar surface area (TPSA) is 94.2 Å². The van der Waals surface area contributed by atoms with Crippen molar-refractivity contribution < 1.29 is 42.7 Å². The zero-order chi connectivity index (χ0) is 28.0. The maximum absolute atomic E-state index is 12.3. The van der Waals surface area contributed by atoms with Crippen molar-refractivity contribution in [2.45, 2.75) is 62.4 Å². The number of benzene rings is 3. The fraction of sp³-hybridized carbons (Fsp3) is 0.406. The largest absolute Gasteiger partial charge is 0.459 e. The van der Waals surface area contributed by atoms with E-state index in [2.05, 4.69) is 0 Å². The number of esters is 1. The molecule has 9 heteroatoms. The van der Waals surface area contributed by atoms with E-state index in [1.807, 2.05) is 66.7 Å². The van der Waals surface area contributed by atoms with E-state index in [0.717, 1.165) is 11.1 Å². The Kier molecular flexibility index (Phi) is 9.03. The third-order valence-electron chi connectivity index (χ3n) is 7.39. The smallest absolute Gasteiger partial charge is 0.338 e. The molecule has 41 heavy (non-hydrogen) atoms. The Bertz CT molecular complexity index is 1240. The molecule has 3 saturated heterocycles. The van der Waals surface area contributed by atoms with Crippen molar-refractivity contribution in [1.82, 2.24) is 0 Å². The van der Waals surface area contributed by atoms with Gasteiger partial charge in [0.15, 0.2) is 12.6 Å². The molecule has 0 saturated carbocycles. The maximum Gasteiger partial charge on any atom is 0.338 e. The maximum atomic E-state index is 12.3. The molecule has 0 amide bonds. The fourth-order valence-electron chi connectivity index (χ4n) is 5.18. The molecule has 3 aromatic rings. The molecule has 3 aromatic carbocycles. The number of ether oxygens (including phenoxy) is 8. The van der Waals surface area contributed by atoms with Crippen molar-refractivity contribution in [1.29, 1.82) is 0 Å². The van der Waals surface area contributed by atoms with E-state index >= 15 is 0 Å². The Balaban J connectivity index is 1.06. The van der Waals surface area contributed by atoms with E-state index in [1.165, 1.54) is 0 Å². The van der Waals surface area contributed by atoms with Crippen molar-refractivity contribution in [2.75, 3.05) is 20.3 Å². The van der Waals surface area contributed by atoms with Gasteiger partial charge < -0.3 is 37.9 Å². The van der Waals surface area contributed by atoms with Gasteiger partial charge in [-0.1, -0.05) is 78.9 Å². The lowest BCUT2D eigenvalue weighted by atomic mass is 10.1. The van der Waals surface area contributed by atoms with E-state index in [9.17, 15) is 4.79 Å². The molecule has 3 aliphatic heterocycles. The van der Waals surface area contributed by atoms with Crippen LogP contribution in [-0.2, 0) is 51.1 Å². The molecule has 8 atom stereocenters. The first-order chi connectivity index (χ1) is 20.2. The number of rotatable bonds is 13. The van der Waals surface area contributed by atoms with E-state index < -0.39 is 43.0 Å². The minimum atomic E-state index is -0.632. The summed E-state index contributed by atoms with van der Waals surface area (Å²) in [7, 11) is 1.59. The minimum Gasteiger partial charge on any atom is -0.459 e. The van der Waals surface area contributed by atoms with Crippen LogP contribution in [0.2, 0.25) is 0 Å². The summed E-state index contributed by atoms with van der Waals surface area (Å²) in [6.07, 6.45) is -3.44. The van der Waals surface area contributed by atoms with Gasteiger partial charge in [-0.05, 0) is 23.3 Å². The molecule has 0 spiro atoms. The van der Waals surface area contributed by atoms with Gasteiger partial charge in [0.1, 0.15) is 43.2 Å². The number of fused-ring (bicyclic) bond motifs is 1. The van der Waals surface area contributed by atoms with Crippen molar-refractivity contribution >= 4 is 5.97 Å². The third kappa shape index (κ3) is 6.85. The van der Waals surface area contributed by atoms with Crippen LogP contribution in [0.15, 0.2) is 91.0 Å². The summed E-state index contributed by atoms with van der Waals surface area (Å²) in [5, 5.41) is 0. The second kappa shape index (κ2) is 13.2. The molecule has 0 unspecified atom stereocenters. The summed E-state index contributed by atoms with van der Waals surface area (Å²) < 4.78 is 47.9. The molecular formula is C32H34O9. The first-order valence-electron chi connectivity index (χ1n) is 13.8. The van der Waals surface area contributed by atoms with Crippen molar-refractivity contribution in [3.8, 4) is 0 Å². The van der Waals surface area contributed by atoms with E-state index in [4.69, 9.17) is 37.9 Å². The average Bonchev–Trinajstić information content (AvgIpc) is 3.64. The summed E-state index contributed by atoms with van der Waals surface area (Å²) in [6.45, 7) is 1.03. The summed E-state index contributed by atoms with van der Waals surface area (Å²) in [6, 6.07) is 28.7. The first kappa shape index (κ1) is 28.0. The summed E-state index contributed by atoms with van der Waals surface area (Å²) in [5.41, 5.74) is 2.57. The van der Waals surface area contributed by atoms with Gasteiger partial charge in [-0.2, -0.15) is 0 Å². The van der Waals surface area contributed by atoms with E-state index in [1.54, 1.807) is 31.4 Å². The van der Waals surface area contributed by atoms with E-state index in [-0.39, 0.29) is 25.4 Å². The lowest BCUT2D eigenvalue weighted by molar-refractivity contribution is -0.208. The van der Waals surface area contributed by atoms with E-state index in [0.29, 0.717) is 18.8 Å². The third-order valence-corrected chi connectivity index (χ3v) is 7.39. The lowest BCUT2D eigenvalue weighted by Gasteiger charge is -2.25. The SMILES string of the molecule is CO[C@H]1O[C@H](CO[C@H]2O[C@H](COC(=O)c3ccccc3)[C@H]3O[C@@H]23)[C@@H](OCc2ccccc2)[C@@H]1OCc1ccccc1. The van der Waals surface area contributed by atoms with Crippen LogP contribution >= 0.6 is 0 Å². The number of hydrogen-bond donors (Lipinski definition) is 0. The molecule has 0 radical (unpaired) electrons. The van der Waals surface area contributed by atoms with Crippen LogP contribution in [0.1, 0.15) is 21.5 Å². The normalized spacial score (nSPS) is 30.2. The van der Waals surface area contributed by atoms with Gasteiger partial charge in [0.25, 0.3) is 0 Å². The summed E-state index contributed by atoms with van der Waals surface area (Å²) in [5.74, 6) is -0.402. The number of hydrogen-bond acceptors (Lipinski definition) is 9. The van der Waals surface area contributed by atoms with Crippen LogP contribution in [0, 0.1) is 0 Å². The van der Waals surface area contributed by atoms with Crippen molar-refractivity contribution in [3.05, 3.63) is 108 Å². The molecule has 0 bridgehead atoms. The predicted octanol–water partition coefficient (Wildman–Crippen LogP) is 3.89. The first-order valence-corrected chi connectivity index (χ1v) is 13.8. The second-order valence-electron chi connectivity index (χ2n) is 10.2. The average molecular weight is 563 g/mol. The molecule has 6 rings (SSSR count). The lowest BCUT2D eigenvalue weighted by Crippen LogP contribution is -2.40. The highest BCUT2D eigenvalue weighted by Crippen LogP contribution is 2.40. The van der Waals surface area contributed by atoms with Crippen molar-refractivity contribution in [2.24, 2.45) is 0 Å². The number of carbonyl (C=O) groups is 1. The second-order valence-corrected chi connectivity index (χ2v) is 10.2. The van der Waals surface area contributed by atoms with Gasteiger partial charge >= 0.3 is 5.97 Å². The molecule has 3 heterocycles. The highest BCUT2D eigenvalue weighted by Gasteiger charge is 2.59. The molecular weight excluding hydrogens is 528 g/mol. The Hall–Kier alpha value is -3.15. The number of carbonyl (C=O) groups excluding carboxylic acids is 1. The van der Waals surface area contributed by atoms with Gasteiger partial charge in [-0.25, -0.2) is 4.79 Å². The van der Waals surface area contributed by atoms with Crippen LogP contribution in [0.25, 0.3) is 0 Å². The van der Waals surface area contributed by atoms with Gasteiger partial charge in [0.05, 0.1) is 25.4 Å². The van der Waals surface area contributed by atoms with Crippen LogP contribution in [0.4, 0.5) is 0 Å². The summed E-state index contributed by atoms with van der Waals surface area (Å²) in [4.78, 5) is 12.3. The zero-order valence-corrected chi connectivity index (χ0v) is 22.8. The molecule has 0 aromatic heterocycles. The van der Waals surface area contributed by atoms with Crippen LogP contribution in [0.3, 0.4) is 0 Å². The molecule has 0 N–H and O–H groups in total. The van der Waals surface area contributed by atoms with Gasteiger partial charge in [-0.3, -0.25) is 0 Å². The molecule has 216 valence electrons. The highest BCUT2D eigenvalue weighted by molar-refractivity contribution is 5.89. The van der Waals surface area contributed by atoms with Gasteiger partial charge in [0, 0.05) is 7.11 Å². The fourth-order valence-corrected chi connectivity index (χ4v) is 5.18. The quantitative estimate of drug-likeness (QED) is 0.227. The standard InChI is InChI=1S/C32H34O9/c1-34-31-28(36-18-22-13-7-3-8-14-22)26(35-17-21-11-5-2-6-12-21)24(39-31)20-38-32-29-27(41-29)25(40-32)19-37-30(33)23-15-9-4-10-16-23/h2-16,24-29,31-32H,17-20H2,1H3/t24-,25-,26-,27-,28+,29-,31+,32+/m1/s1. The van der Waals surface area contributed by atoms with Gasteiger partial charge in [-0.15, -0.1) is 0 Å². The predicted molar refractivity (Wildman–Crippen MR) is 146 cm³/mol. The highest BCUT2D eigenvalue weighted by atomic mass is 16.8. The Morgan fingerprint density at radius 3 is 1.85 bits per heavy atom. The number of epoxide rings is 1. The Morgan fingerprint density at radius 2 is 1.22 bits per heavy atom. The van der Waals surface area contributed by atoms with Crippen LogP contribution in [0.5, 0.6) is 0 Å². The number of methoxy groups -OCH3 is 1. The summed E-state index contributed by atoms with van der Waals surface area (Å²) >= 11 is 0. The van der Waals surface area contributed by atoms with Crippen molar-refractivity contribution in [3.63, 3.8) is 0 Å². The Morgan fingerprint density at radius 1 is 0.634 bits per heavy atom. The molecule has 3 fully saturated rings. The molecule has 9 nitrogen and oxygen atoms in total. The molecule has 0 aliphatic carbocycles. The van der Waals surface area contributed by atoms with Crippen LogP contribution in [-0.4, -0.2) is 75.5 Å². The monoisotopic (exact) mass is 562 g/mol. The zero-order valence-electron chi connectivity index (χ0n) is 22.8. The molecule has 3 aliphatic rings. The van der Waals surface area contributed by atoms with Gasteiger partial charge in [0.2, 0.25) is 0 Å².